The van der Waals surface area contributed by atoms with E-state index < -0.39 is 5.97 Å². The highest BCUT2D eigenvalue weighted by Crippen LogP contribution is 2.29. The van der Waals surface area contributed by atoms with Gasteiger partial charge in [0.15, 0.2) is 0 Å². The smallest absolute Gasteiger partial charge is 0.339 e. The molecule has 1 aromatic heterocycles. The molecule has 0 radical (unpaired) electrons. The van der Waals surface area contributed by atoms with Crippen molar-refractivity contribution in [2.45, 2.75) is 19.9 Å². The Kier molecular flexibility index (Phi) is 4.21. The van der Waals surface area contributed by atoms with E-state index in [0.29, 0.717) is 16.9 Å². The van der Waals surface area contributed by atoms with Crippen LogP contribution in [0.3, 0.4) is 0 Å². The fourth-order valence-electron chi connectivity index (χ4n) is 2.28. The molecule has 21 heavy (non-hydrogen) atoms. The molecule has 0 bridgehead atoms. The molecule has 1 unspecified atom stereocenters. The first kappa shape index (κ1) is 15.0. The number of anilines is 1. The minimum Gasteiger partial charge on any atom is -0.478 e. The third-order valence-corrected chi connectivity index (χ3v) is 3.62. The van der Waals surface area contributed by atoms with Crippen LogP contribution in [-0.4, -0.2) is 23.1 Å². The normalized spacial score (nSPS) is 12.0. The minimum absolute atomic E-state index is 0.142. The van der Waals surface area contributed by atoms with Gasteiger partial charge in [-0.1, -0.05) is 18.2 Å². The minimum atomic E-state index is -1.04. The summed E-state index contributed by atoms with van der Waals surface area (Å²) in [5, 5.41) is 9.36. The summed E-state index contributed by atoms with van der Waals surface area (Å²) in [7, 11) is 1.71. The third-order valence-electron chi connectivity index (χ3n) is 3.62. The number of pyridine rings is 1. The number of aryl methyl sites for hydroxylation is 1. The Morgan fingerprint density at radius 2 is 2.00 bits per heavy atom. The summed E-state index contributed by atoms with van der Waals surface area (Å²) in [6.45, 7) is 3.53. The Morgan fingerprint density at radius 1 is 1.33 bits per heavy atom. The highest BCUT2D eigenvalue weighted by atomic mass is 19.1. The summed E-state index contributed by atoms with van der Waals surface area (Å²) < 4.78 is 13.9. The van der Waals surface area contributed by atoms with Crippen LogP contribution in [0.25, 0.3) is 0 Å². The van der Waals surface area contributed by atoms with Crippen LogP contribution >= 0.6 is 0 Å². The molecule has 0 aliphatic carbocycles. The predicted octanol–water partition coefficient (Wildman–Crippen LogP) is 3.42. The van der Waals surface area contributed by atoms with Crippen molar-refractivity contribution in [3.8, 4) is 0 Å². The lowest BCUT2D eigenvalue weighted by Crippen LogP contribution is -2.26. The molecule has 0 amide bonds. The van der Waals surface area contributed by atoms with E-state index in [-0.39, 0.29) is 17.4 Å². The molecule has 0 aliphatic rings. The summed E-state index contributed by atoms with van der Waals surface area (Å²) in [5.41, 5.74) is 1.27. The summed E-state index contributed by atoms with van der Waals surface area (Å²) in [4.78, 5) is 17.3. The van der Waals surface area contributed by atoms with Crippen molar-refractivity contribution in [1.82, 2.24) is 4.98 Å². The Bertz CT molecular complexity index is 673. The molecule has 0 saturated carbocycles. The van der Waals surface area contributed by atoms with Crippen molar-refractivity contribution < 1.29 is 14.3 Å². The Hall–Kier alpha value is -2.43. The Balaban J connectivity index is 2.46. The molecular formula is C16H17FN2O2. The molecule has 5 heteroatoms. The number of aromatic carboxylic acids is 1. The predicted molar refractivity (Wildman–Crippen MR) is 79.2 cm³/mol. The number of hydrogen-bond donors (Lipinski definition) is 1. The van der Waals surface area contributed by atoms with Crippen molar-refractivity contribution in [1.29, 1.82) is 0 Å². The fraction of sp³-hybridized carbons (Fsp3) is 0.250. The van der Waals surface area contributed by atoms with Gasteiger partial charge in [-0.15, -0.1) is 0 Å². The summed E-state index contributed by atoms with van der Waals surface area (Å²) >= 11 is 0. The first-order valence-corrected chi connectivity index (χ1v) is 6.59. The lowest BCUT2D eigenvalue weighted by molar-refractivity contribution is 0.0696. The van der Waals surface area contributed by atoms with Crippen LogP contribution in [0.15, 0.2) is 36.5 Å². The number of carboxylic acids is 1. The maximum absolute atomic E-state index is 13.9. The summed E-state index contributed by atoms with van der Waals surface area (Å²) in [6, 6.07) is 7.77. The molecule has 0 saturated heterocycles. The quantitative estimate of drug-likeness (QED) is 0.936. The van der Waals surface area contributed by atoms with Crippen LogP contribution in [-0.2, 0) is 0 Å². The van der Waals surface area contributed by atoms with Gasteiger partial charge in [0, 0.05) is 18.8 Å². The Morgan fingerprint density at radius 3 is 2.62 bits per heavy atom. The number of halogens is 1. The van der Waals surface area contributed by atoms with Crippen LogP contribution in [0.4, 0.5) is 10.2 Å². The molecular weight excluding hydrogens is 271 g/mol. The monoisotopic (exact) mass is 288 g/mol. The van der Waals surface area contributed by atoms with Crippen LogP contribution in [0.2, 0.25) is 0 Å². The zero-order valence-electron chi connectivity index (χ0n) is 12.2. The van der Waals surface area contributed by atoms with Crippen LogP contribution < -0.4 is 4.90 Å². The van der Waals surface area contributed by atoms with Gasteiger partial charge in [-0.25, -0.2) is 14.2 Å². The van der Waals surface area contributed by atoms with Gasteiger partial charge < -0.3 is 10.0 Å². The van der Waals surface area contributed by atoms with E-state index in [9.17, 15) is 14.3 Å². The van der Waals surface area contributed by atoms with E-state index in [1.807, 2.05) is 6.92 Å². The van der Waals surface area contributed by atoms with Crippen LogP contribution in [0, 0.1) is 12.7 Å². The molecule has 0 spiro atoms. The largest absolute Gasteiger partial charge is 0.478 e. The zero-order chi connectivity index (χ0) is 15.6. The summed E-state index contributed by atoms with van der Waals surface area (Å²) in [5.74, 6) is -1.03. The number of benzene rings is 1. The molecule has 1 heterocycles. The van der Waals surface area contributed by atoms with Crippen molar-refractivity contribution in [2.24, 2.45) is 0 Å². The van der Waals surface area contributed by atoms with E-state index in [1.54, 1.807) is 49.3 Å². The number of hydrogen-bond acceptors (Lipinski definition) is 3. The van der Waals surface area contributed by atoms with Gasteiger partial charge in [-0.2, -0.15) is 0 Å². The fourth-order valence-corrected chi connectivity index (χ4v) is 2.28. The van der Waals surface area contributed by atoms with Gasteiger partial charge in [0.25, 0.3) is 0 Å². The van der Waals surface area contributed by atoms with Gasteiger partial charge in [0.2, 0.25) is 0 Å². The standard InChI is InChI=1S/C16H17FN2O2/c1-10-8-9-18-15(14(10)16(20)21)19(3)11(2)12-6-4-5-7-13(12)17/h4-9,11H,1-3H3,(H,20,21). The molecule has 4 nitrogen and oxygen atoms in total. The average molecular weight is 288 g/mol. The molecule has 0 aliphatic heterocycles. The molecule has 1 atom stereocenters. The molecule has 2 rings (SSSR count). The van der Waals surface area contributed by atoms with Gasteiger partial charge in [0.1, 0.15) is 17.2 Å². The first-order chi connectivity index (χ1) is 9.93. The third kappa shape index (κ3) is 2.86. The lowest BCUT2D eigenvalue weighted by Gasteiger charge is -2.28. The van der Waals surface area contributed by atoms with E-state index in [2.05, 4.69) is 4.98 Å². The molecule has 1 aromatic carbocycles. The second-order valence-corrected chi connectivity index (χ2v) is 4.94. The highest BCUT2D eigenvalue weighted by molar-refractivity contribution is 5.95. The van der Waals surface area contributed by atoms with Gasteiger partial charge in [0.05, 0.1) is 6.04 Å². The highest BCUT2D eigenvalue weighted by Gasteiger charge is 2.22. The second kappa shape index (κ2) is 5.91. The van der Waals surface area contributed by atoms with Gasteiger partial charge in [-0.05, 0) is 31.5 Å². The second-order valence-electron chi connectivity index (χ2n) is 4.94. The number of nitrogens with zero attached hydrogens (tertiary/aromatic N) is 2. The van der Waals surface area contributed by atoms with Gasteiger partial charge in [-0.3, -0.25) is 0 Å². The van der Waals surface area contributed by atoms with E-state index in [4.69, 9.17) is 0 Å². The molecule has 2 aromatic rings. The lowest BCUT2D eigenvalue weighted by atomic mass is 10.0. The Labute approximate surface area is 122 Å². The number of carbonyl (C=O) groups is 1. The molecule has 0 fully saturated rings. The molecule has 110 valence electrons. The van der Waals surface area contributed by atoms with Crippen molar-refractivity contribution in [2.75, 3.05) is 11.9 Å². The summed E-state index contributed by atoms with van der Waals surface area (Å²) in [6.07, 6.45) is 1.56. The average Bonchev–Trinajstić information content (AvgIpc) is 2.45. The number of rotatable bonds is 4. The number of aromatic nitrogens is 1. The zero-order valence-corrected chi connectivity index (χ0v) is 12.2. The number of carboxylic acid groups (broad SMARTS) is 1. The SMILES string of the molecule is Cc1ccnc(N(C)C(C)c2ccccc2F)c1C(=O)O. The van der Waals surface area contributed by atoms with Crippen LogP contribution in [0.5, 0.6) is 0 Å². The first-order valence-electron chi connectivity index (χ1n) is 6.59. The maximum Gasteiger partial charge on any atom is 0.339 e. The van der Waals surface area contributed by atoms with Gasteiger partial charge >= 0.3 is 5.97 Å². The maximum atomic E-state index is 13.9. The topological polar surface area (TPSA) is 53.4 Å². The van der Waals surface area contributed by atoms with Crippen molar-refractivity contribution >= 4 is 11.8 Å². The molecule has 1 N–H and O–H groups in total. The van der Waals surface area contributed by atoms with Crippen LogP contribution in [0.1, 0.15) is 34.5 Å². The van der Waals surface area contributed by atoms with E-state index in [1.165, 1.54) is 6.07 Å². The van der Waals surface area contributed by atoms with E-state index in [0.717, 1.165) is 0 Å². The van der Waals surface area contributed by atoms with E-state index >= 15 is 0 Å². The van der Waals surface area contributed by atoms with Crippen molar-refractivity contribution in [3.63, 3.8) is 0 Å². The van der Waals surface area contributed by atoms with Crippen molar-refractivity contribution in [3.05, 3.63) is 59.0 Å².